The highest BCUT2D eigenvalue weighted by molar-refractivity contribution is 7.89. The van der Waals surface area contributed by atoms with E-state index < -0.39 is 10.0 Å². The fraction of sp³-hybridized carbons (Fsp3) is 0.571. The van der Waals surface area contributed by atoms with Gasteiger partial charge in [0.2, 0.25) is 10.0 Å². The number of rotatable bonds is 8. The molecule has 1 rings (SSSR count). The lowest BCUT2D eigenvalue weighted by molar-refractivity contribution is 0.445. The topological polar surface area (TPSA) is 75.4 Å². The number of benzene rings is 1. The van der Waals surface area contributed by atoms with E-state index in [1.165, 1.54) is 4.31 Å². The molecular formula is C14H25N3O2S. The Morgan fingerprint density at radius 3 is 2.20 bits per heavy atom. The van der Waals surface area contributed by atoms with Crippen LogP contribution in [0.2, 0.25) is 0 Å². The van der Waals surface area contributed by atoms with Crippen LogP contribution in [0.15, 0.2) is 29.2 Å². The molecule has 0 aliphatic rings. The number of hydrogen-bond acceptors (Lipinski definition) is 4. The van der Waals surface area contributed by atoms with Crippen LogP contribution in [0.4, 0.5) is 0 Å². The lowest BCUT2D eigenvalue weighted by Gasteiger charge is -2.19. The Morgan fingerprint density at radius 1 is 1.20 bits per heavy atom. The first-order chi connectivity index (χ1) is 9.47. The second kappa shape index (κ2) is 7.73. The maximum absolute atomic E-state index is 12.3. The van der Waals surface area contributed by atoms with E-state index in [4.69, 9.17) is 5.73 Å². The van der Waals surface area contributed by atoms with E-state index in [1.54, 1.807) is 12.1 Å². The number of hydrogen-bond donors (Lipinski definition) is 2. The largest absolute Gasteiger partial charge is 0.329 e. The van der Waals surface area contributed by atoms with Crippen molar-refractivity contribution in [2.75, 3.05) is 26.2 Å². The fourth-order valence-electron chi connectivity index (χ4n) is 2.06. The molecule has 3 N–H and O–H groups in total. The minimum atomic E-state index is -3.37. The van der Waals surface area contributed by atoms with Gasteiger partial charge in [0.05, 0.1) is 4.90 Å². The van der Waals surface area contributed by atoms with Crippen LogP contribution in [0.3, 0.4) is 0 Å². The summed E-state index contributed by atoms with van der Waals surface area (Å²) in [5.74, 6) is 0. The lowest BCUT2D eigenvalue weighted by Crippen LogP contribution is -2.30. The van der Waals surface area contributed by atoms with Crippen LogP contribution in [-0.2, 0) is 10.0 Å². The van der Waals surface area contributed by atoms with Gasteiger partial charge in [-0.2, -0.15) is 4.31 Å². The van der Waals surface area contributed by atoms with Gasteiger partial charge in [0.15, 0.2) is 0 Å². The summed E-state index contributed by atoms with van der Waals surface area (Å²) in [5.41, 5.74) is 6.51. The van der Waals surface area contributed by atoms with Crippen molar-refractivity contribution in [1.82, 2.24) is 9.62 Å². The first-order valence-electron chi connectivity index (χ1n) is 7.00. The lowest BCUT2D eigenvalue weighted by atomic mass is 10.1. The standard InChI is InChI=1S/C14H25N3O2S/c1-4-17(5-2)20(18,19)14-8-6-13(7-9-14)12(3)16-11-10-15/h6-9,12,16H,4-5,10-11,15H2,1-3H3. The zero-order valence-corrected chi connectivity index (χ0v) is 13.3. The van der Waals surface area contributed by atoms with Crippen molar-refractivity contribution in [2.24, 2.45) is 5.73 Å². The molecule has 1 unspecified atom stereocenters. The summed E-state index contributed by atoms with van der Waals surface area (Å²) < 4.78 is 26.1. The number of nitrogens with zero attached hydrogens (tertiary/aromatic N) is 1. The maximum atomic E-state index is 12.3. The molecule has 0 bridgehead atoms. The van der Waals surface area contributed by atoms with E-state index in [1.807, 2.05) is 32.9 Å². The first kappa shape index (κ1) is 17.1. The van der Waals surface area contributed by atoms with Gasteiger partial charge in [0, 0.05) is 32.2 Å². The SMILES string of the molecule is CCN(CC)S(=O)(=O)c1ccc(C(C)NCCN)cc1. The zero-order valence-electron chi connectivity index (χ0n) is 12.5. The third-order valence-corrected chi connectivity index (χ3v) is 5.38. The molecule has 0 aliphatic heterocycles. The number of nitrogens with two attached hydrogens (primary N) is 1. The maximum Gasteiger partial charge on any atom is 0.243 e. The van der Waals surface area contributed by atoms with Gasteiger partial charge in [-0.15, -0.1) is 0 Å². The van der Waals surface area contributed by atoms with Crippen molar-refractivity contribution in [3.05, 3.63) is 29.8 Å². The van der Waals surface area contributed by atoms with Crippen LogP contribution in [0.25, 0.3) is 0 Å². The molecule has 0 saturated carbocycles. The average molecular weight is 299 g/mol. The van der Waals surface area contributed by atoms with Gasteiger partial charge in [-0.3, -0.25) is 0 Å². The van der Waals surface area contributed by atoms with Gasteiger partial charge in [-0.05, 0) is 24.6 Å². The normalized spacial score (nSPS) is 13.7. The smallest absolute Gasteiger partial charge is 0.243 e. The highest BCUT2D eigenvalue weighted by Gasteiger charge is 2.21. The van der Waals surface area contributed by atoms with Crippen molar-refractivity contribution in [1.29, 1.82) is 0 Å². The number of nitrogens with one attached hydrogen (secondary N) is 1. The fourth-order valence-corrected chi connectivity index (χ4v) is 3.52. The van der Waals surface area contributed by atoms with Gasteiger partial charge in [-0.1, -0.05) is 26.0 Å². The Kier molecular flexibility index (Phi) is 6.61. The Hall–Kier alpha value is -0.950. The third kappa shape index (κ3) is 4.02. The molecule has 0 spiro atoms. The van der Waals surface area contributed by atoms with E-state index in [0.717, 1.165) is 12.1 Å². The zero-order chi connectivity index (χ0) is 15.2. The summed E-state index contributed by atoms with van der Waals surface area (Å²) in [7, 11) is -3.37. The average Bonchev–Trinajstić information content (AvgIpc) is 2.46. The van der Waals surface area contributed by atoms with Crippen molar-refractivity contribution < 1.29 is 8.42 Å². The van der Waals surface area contributed by atoms with E-state index >= 15 is 0 Å². The molecule has 0 heterocycles. The molecule has 114 valence electrons. The molecule has 0 fully saturated rings. The molecule has 5 nitrogen and oxygen atoms in total. The molecule has 0 aromatic heterocycles. The highest BCUT2D eigenvalue weighted by Crippen LogP contribution is 2.19. The van der Waals surface area contributed by atoms with Gasteiger partial charge < -0.3 is 11.1 Å². The van der Waals surface area contributed by atoms with Gasteiger partial charge in [-0.25, -0.2) is 8.42 Å². The first-order valence-corrected chi connectivity index (χ1v) is 8.44. The summed E-state index contributed by atoms with van der Waals surface area (Å²) in [4.78, 5) is 0.343. The third-order valence-electron chi connectivity index (χ3n) is 3.32. The summed E-state index contributed by atoms with van der Waals surface area (Å²) in [6.07, 6.45) is 0. The predicted molar refractivity (Wildman–Crippen MR) is 82.0 cm³/mol. The molecule has 1 atom stereocenters. The van der Waals surface area contributed by atoms with E-state index in [-0.39, 0.29) is 6.04 Å². The quantitative estimate of drug-likeness (QED) is 0.759. The highest BCUT2D eigenvalue weighted by atomic mass is 32.2. The minimum Gasteiger partial charge on any atom is -0.329 e. The molecule has 0 amide bonds. The van der Waals surface area contributed by atoms with Crippen LogP contribution in [0, 0.1) is 0 Å². The van der Waals surface area contributed by atoms with Crippen molar-refractivity contribution in [2.45, 2.75) is 31.7 Å². The Labute approximate surface area is 122 Å². The van der Waals surface area contributed by atoms with Crippen LogP contribution in [0.1, 0.15) is 32.4 Å². The minimum absolute atomic E-state index is 0.156. The molecule has 1 aromatic carbocycles. The van der Waals surface area contributed by atoms with E-state index in [9.17, 15) is 8.42 Å². The molecular weight excluding hydrogens is 274 g/mol. The summed E-state index contributed by atoms with van der Waals surface area (Å²) in [6, 6.07) is 7.20. The molecule has 0 aliphatic carbocycles. The van der Waals surface area contributed by atoms with Crippen LogP contribution >= 0.6 is 0 Å². The Morgan fingerprint density at radius 2 is 1.75 bits per heavy atom. The molecule has 0 saturated heterocycles. The second-order valence-electron chi connectivity index (χ2n) is 4.62. The summed E-state index contributed by atoms with van der Waals surface area (Å²) in [5, 5.41) is 3.27. The molecule has 6 heteroatoms. The molecule has 20 heavy (non-hydrogen) atoms. The monoisotopic (exact) mass is 299 g/mol. The van der Waals surface area contributed by atoms with Gasteiger partial charge >= 0.3 is 0 Å². The summed E-state index contributed by atoms with van der Waals surface area (Å²) >= 11 is 0. The van der Waals surface area contributed by atoms with Crippen molar-refractivity contribution in [3.8, 4) is 0 Å². The van der Waals surface area contributed by atoms with Gasteiger partial charge in [0.25, 0.3) is 0 Å². The molecule has 1 aromatic rings. The predicted octanol–water partition coefficient (Wildman–Crippen LogP) is 1.33. The van der Waals surface area contributed by atoms with E-state index in [0.29, 0.717) is 24.5 Å². The van der Waals surface area contributed by atoms with Crippen LogP contribution < -0.4 is 11.1 Å². The van der Waals surface area contributed by atoms with E-state index in [2.05, 4.69) is 5.32 Å². The Balaban J connectivity index is 2.91. The van der Waals surface area contributed by atoms with Crippen LogP contribution in [-0.4, -0.2) is 38.9 Å². The molecule has 0 radical (unpaired) electrons. The van der Waals surface area contributed by atoms with Gasteiger partial charge in [0.1, 0.15) is 0 Å². The second-order valence-corrected chi connectivity index (χ2v) is 6.56. The van der Waals surface area contributed by atoms with Crippen LogP contribution in [0.5, 0.6) is 0 Å². The van der Waals surface area contributed by atoms with Crippen molar-refractivity contribution >= 4 is 10.0 Å². The Bertz CT molecular complexity index is 496. The van der Waals surface area contributed by atoms with Crippen molar-refractivity contribution in [3.63, 3.8) is 0 Å². The summed E-state index contributed by atoms with van der Waals surface area (Å²) in [6.45, 7) is 8.00. The number of sulfonamides is 1.